The Labute approximate surface area is 190 Å². The van der Waals surface area contributed by atoms with Gasteiger partial charge in [-0.25, -0.2) is 4.79 Å². The van der Waals surface area contributed by atoms with Gasteiger partial charge in [-0.05, 0) is 44.6 Å². The minimum atomic E-state index is -1.21. The molecule has 0 aromatic heterocycles. The normalized spacial score (nSPS) is 16.9. The number of nitrogens with two attached hydrogens (primary N) is 2. The van der Waals surface area contributed by atoms with Crippen LogP contribution >= 0.6 is 0 Å². The summed E-state index contributed by atoms with van der Waals surface area (Å²) in [7, 11) is 0. The summed E-state index contributed by atoms with van der Waals surface area (Å²) >= 11 is 0. The molecule has 0 aromatic rings. The molecule has 32 heavy (non-hydrogen) atoms. The van der Waals surface area contributed by atoms with Gasteiger partial charge in [0.25, 0.3) is 0 Å². The number of unbranched alkanes of at least 4 members (excludes halogenated alkanes) is 1. The molecule has 0 aliphatic heterocycles. The summed E-state index contributed by atoms with van der Waals surface area (Å²) in [5.74, 6) is -3.70. The summed E-state index contributed by atoms with van der Waals surface area (Å²) in [4.78, 5) is 49.6. The van der Waals surface area contributed by atoms with Crippen LogP contribution in [-0.4, -0.2) is 70.7 Å². The SMILES string of the molecule is CCC(C)C(NC(=O)C(N)C(C)O)C(=O)NC(CCCCN)C(=O)NC(C(=O)O)C(C)C. The second-order valence-electron chi connectivity index (χ2n) is 8.55. The molecule has 0 spiro atoms. The van der Waals surface area contributed by atoms with Crippen LogP contribution in [0.25, 0.3) is 0 Å². The quantitative estimate of drug-likeness (QED) is 0.152. The van der Waals surface area contributed by atoms with E-state index in [0.29, 0.717) is 25.8 Å². The number of rotatable bonds is 15. The van der Waals surface area contributed by atoms with Gasteiger partial charge >= 0.3 is 5.97 Å². The molecule has 0 saturated carbocycles. The first-order chi connectivity index (χ1) is 14.9. The van der Waals surface area contributed by atoms with Crippen LogP contribution in [0, 0.1) is 11.8 Å². The van der Waals surface area contributed by atoms with Crippen molar-refractivity contribution in [3.05, 3.63) is 0 Å². The minimum Gasteiger partial charge on any atom is -0.480 e. The number of hydrogen-bond donors (Lipinski definition) is 7. The smallest absolute Gasteiger partial charge is 0.326 e. The Bertz CT molecular complexity index is 628. The summed E-state index contributed by atoms with van der Waals surface area (Å²) in [6, 6.07) is -4.29. The molecular formula is C21H41N5O6. The van der Waals surface area contributed by atoms with Crippen molar-refractivity contribution in [2.75, 3.05) is 6.54 Å². The van der Waals surface area contributed by atoms with E-state index in [0.717, 1.165) is 0 Å². The maximum absolute atomic E-state index is 13.0. The molecule has 0 aliphatic rings. The van der Waals surface area contributed by atoms with Gasteiger partial charge in [0.2, 0.25) is 17.7 Å². The van der Waals surface area contributed by atoms with E-state index >= 15 is 0 Å². The monoisotopic (exact) mass is 459 g/mol. The largest absolute Gasteiger partial charge is 0.480 e. The van der Waals surface area contributed by atoms with Crippen molar-refractivity contribution < 1.29 is 29.4 Å². The highest BCUT2D eigenvalue weighted by Crippen LogP contribution is 2.11. The van der Waals surface area contributed by atoms with Gasteiger partial charge in [0.15, 0.2) is 0 Å². The van der Waals surface area contributed by atoms with E-state index in [1.54, 1.807) is 20.8 Å². The number of carboxylic acids is 1. The fourth-order valence-corrected chi connectivity index (χ4v) is 2.96. The molecule has 0 aliphatic carbocycles. The molecule has 0 radical (unpaired) electrons. The first-order valence-corrected chi connectivity index (χ1v) is 11.1. The van der Waals surface area contributed by atoms with Gasteiger partial charge in [0, 0.05) is 0 Å². The van der Waals surface area contributed by atoms with E-state index in [-0.39, 0.29) is 18.3 Å². The average Bonchev–Trinajstić information content (AvgIpc) is 2.72. The van der Waals surface area contributed by atoms with E-state index in [1.165, 1.54) is 6.92 Å². The number of aliphatic carboxylic acids is 1. The van der Waals surface area contributed by atoms with Gasteiger partial charge < -0.3 is 37.6 Å². The Balaban J connectivity index is 5.56. The fourth-order valence-electron chi connectivity index (χ4n) is 2.96. The van der Waals surface area contributed by atoms with Crippen molar-refractivity contribution in [3.63, 3.8) is 0 Å². The summed E-state index contributed by atoms with van der Waals surface area (Å²) in [5, 5.41) is 26.6. The van der Waals surface area contributed by atoms with E-state index < -0.39 is 54.0 Å². The standard InChI is InChI=1S/C21H41N5O6/c1-6-12(4)17(26-19(29)15(23)13(5)27)20(30)24-14(9-7-8-10-22)18(28)25-16(11(2)3)21(31)32/h11-17,27H,6-10,22-23H2,1-5H3,(H,24,30)(H,25,28)(H,26,29)(H,31,32). The molecule has 0 saturated heterocycles. The van der Waals surface area contributed by atoms with Crippen molar-refractivity contribution in [1.29, 1.82) is 0 Å². The van der Waals surface area contributed by atoms with E-state index in [9.17, 15) is 29.4 Å². The first-order valence-electron chi connectivity index (χ1n) is 11.1. The fraction of sp³-hybridized carbons (Fsp3) is 0.810. The van der Waals surface area contributed by atoms with Gasteiger partial charge in [0.1, 0.15) is 24.2 Å². The lowest BCUT2D eigenvalue weighted by Crippen LogP contribution is -2.59. The Morgan fingerprint density at radius 2 is 1.44 bits per heavy atom. The second kappa shape index (κ2) is 14.8. The second-order valence-corrected chi connectivity index (χ2v) is 8.55. The number of aliphatic hydroxyl groups is 1. The van der Waals surface area contributed by atoms with Crippen molar-refractivity contribution in [2.45, 2.75) is 90.6 Å². The molecule has 6 unspecified atom stereocenters. The highest BCUT2D eigenvalue weighted by molar-refractivity contribution is 5.94. The summed E-state index contributed by atoms with van der Waals surface area (Å²) in [5.41, 5.74) is 11.2. The highest BCUT2D eigenvalue weighted by Gasteiger charge is 2.33. The molecule has 0 aromatic carbocycles. The predicted octanol–water partition coefficient (Wildman–Crippen LogP) is -0.935. The molecule has 0 rings (SSSR count). The summed E-state index contributed by atoms with van der Waals surface area (Å²) in [6.45, 7) is 8.73. The van der Waals surface area contributed by atoms with Crippen molar-refractivity contribution >= 4 is 23.7 Å². The van der Waals surface area contributed by atoms with Crippen LogP contribution in [-0.2, 0) is 19.2 Å². The Hall–Kier alpha value is -2.24. The molecule has 3 amide bonds. The number of carbonyl (C=O) groups is 4. The third-order valence-corrected chi connectivity index (χ3v) is 5.43. The predicted molar refractivity (Wildman–Crippen MR) is 120 cm³/mol. The number of carboxylic acid groups (broad SMARTS) is 1. The van der Waals surface area contributed by atoms with Crippen LogP contribution in [0.3, 0.4) is 0 Å². The van der Waals surface area contributed by atoms with E-state index in [1.807, 2.05) is 6.92 Å². The average molecular weight is 460 g/mol. The highest BCUT2D eigenvalue weighted by atomic mass is 16.4. The molecule has 11 nitrogen and oxygen atoms in total. The third-order valence-electron chi connectivity index (χ3n) is 5.43. The summed E-state index contributed by atoms with van der Waals surface area (Å²) < 4.78 is 0. The van der Waals surface area contributed by atoms with Crippen LogP contribution in [0.4, 0.5) is 0 Å². The molecule has 9 N–H and O–H groups in total. The van der Waals surface area contributed by atoms with Gasteiger partial charge in [-0.1, -0.05) is 34.1 Å². The number of aliphatic hydroxyl groups excluding tert-OH is 1. The van der Waals surface area contributed by atoms with Gasteiger partial charge in [0.05, 0.1) is 6.10 Å². The van der Waals surface area contributed by atoms with Crippen molar-refractivity contribution in [3.8, 4) is 0 Å². The molecule has 0 fully saturated rings. The molecule has 0 heterocycles. The molecule has 11 heteroatoms. The van der Waals surface area contributed by atoms with Crippen LogP contribution in [0.2, 0.25) is 0 Å². The van der Waals surface area contributed by atoms with Gasteiger partial charge in [-0.15, -0.1) is 0 Å². The number of nitrogens with one attached hydrogen (secondary N) is 3. The van der Waals surface area contributed by atoms with Crippen LogP contribution in [0.1, 0.15) is 60.3 Å². The Kier molecular flexibility index (Phi) is 13.7. The lowest BCUT2D eigenvalue weighted by Gasteiger charge is -2.28. The number of carbonyl (C=O) groups excluding carboxylic acids is 3. The van der Waals surface area contributed by atoms with Crippen LogP contribution in [0.5, 0.6) is 0 Å². The zero-order valence-electron chi connectivity index (χ0n) is 19.8. The zero-order chi connectivity index (χ0) is 25.0. The summed E-state index contributed by atoms with van der Waals surface area (Å²) in [6.07, 6.45) is 0.881. The van der Waals surface area contributed by atoms with Crippen LogP contribution < -0.4 is 27.4 Å². The van der Waals surface area contributed by atoms with E-state index in [4.69, 9.17) is 11.5 Å². The van der Waals surface area contributed by atoms with Crippen molar-refractivity contribution in [2.24, 2.45) is 23.3 Å². The number of hydrogen-bond acceptors (Lipinski definition) is 7. The zero-order valence-corrected chi connectivity index (χ0v) is 19.8. The molecule has 0 bridgehead atoms. The molecule has 6 atom stereocenters. The van der Waals surface area contributed by atoms with Gasteiger partial charge in [-0.3, -0.25) is 14.4 Å². The lowest BCUT2D eigenvalue weighted by atomic mass is 9.96. The van der Waals surface area contributed by atoms with Crippen LogP contribution in [0.15, 0.2) is 0 Å². The maximum atomic E-state index is 13.0. The van der Waals surface area contributed by atoms with Crippen molar-refractivity contribution in [1.82, 2.24) is 16.0 Å². The maximum Gasteiger partial charge on any atom is 0.326 e. The third kappa shape index (κ3) is 9.92. The Morgan fingerprint density at radius 1 is 0.875 bits per heavy atom. The molecular weight excluding hydrogens is 418 g/mol. The minimum absolute atomic E-state index is 0.258. The van der Waals surface area contributed by atoms with E-state index in [2.05, 4.69) is 16.0 Å². The topological polar surface area (TPSA) is 197 Å². The first kappa shape index (κ1) is 29.8. The van der Waals surface area contributed by atoms with Gasteiger partial charge in [-0.2, -0.15) is 0 Å². The lowest BCUT2D eigenvalue weighted by molar-refractivity contribution is -0.143. The number of amides is 3. The Morgan fingerprint density at radius 3 is 1.88 bits per heavy atom. The molecule has 186 valence electrons.